The number of benzene rings is 2. The average molecular weight is 274 g/mol. The summed E-state index contributed by atoms with van der Waals surface area (Å²) >= 11 is 0. The molecule has 3 aromatic rings. The first-order chi connectivity index (χ1) is 10.4. The normalized spacial score (nSPS) is 13.3. The largest absolute Gasteiger partial charge is 0.381 e. The van der Waals surface area contributed by atoms with Crippen LogP contribution in [0.5, 0.6) is 0 Å². The molecule has 1 heterocycles. The van der Waals surface area contributed by atoms with Crippen LogP contribution in [-0.4, -0.2) is 4.98 Å². The van der Waals surface area contributed by atoms with Gasteiger partial charge >= 0.3 is 0 Å². The summed E-state index contributed by atoms with van der Waals surface area (Å²) in [7, 11) is 0. The minimum Gasteiger partial charge on any atom is -0.381 e. The molecule has 2 heteroatoms. The maximum Gasteiger partial charge on any atom is 0.0705 e. The van der Waals surface area contributed by atoms with Crippen molar-refractivity contribution in [2.75, 3.05) is 5.32 Å². The van der Waals surface area contributed by atoms with E-state index in [4.69, 9.17) is 0 Å². The summed E-state index contributed by atoms with van der Waals surface area (Å²) < 4.78 is 0. The minimum atomic E-state index is 0.835. The summed E-state index contributed by atoms with van der Waals surface area (Å²) in [6.45, 7) is 0.835. The molecule has 2 nitrogen and oxygen atoms in total. The van der Waals surface area contributed by atoms with Crippen LogP contribution in [0, 0.1) is 0 Å². The number of nitrogens with one attached hydrogen (secondary N) is 1. The van der Waals surface area contributed by atoms with Crippen molar-refractivity contribution in [3.8, 4) is 0 Å². The SMILES string of the molecule is c1ccc2c(CNc3ccc4c(c3)CCC4)ccnc2c1. The molecule has 0 aliphatic heterocycles. The summed E-state index contributed by atoms with van der Waals surface area (Å²) in [5.41, 5.74) is 6.61. The van der Waals surface area contributed by atoms with Gasteiger partial charge < -0.3 is 5.32 Å². The fourth-order valence-electron chi connectivity index (χ4n) is 3.19. The second kappa shape index (κ2) is 5.21. The monoisotopic (exact) mass is 274 g/mol. The number of para-hydroxylation sites is 1. The maximum atomic E-state index is 4.42. The molecule has 104 valence electrons. The number of hydrogen-bond donors (Lipinski definition) is 1. The van der Waals surface area contributed by atoms with E-state index in [9.17, 15) is 0 Å². The lowest BCUT2D eigenvalue weighted by Crippen LogP contribution is -2.01. The van der Waals surface area contributed by atoms with Gasteiger partial charge in [0.2, 0.25) is 0 Å². The van der Waals surface area contributed by atoms with E-state index >= 15 is 0 Å². The number of nitrogens with zero attached hydrogens (tertiary/aromatic N) is 1. The first-order valence-electron chi connectivity index (χ1n) is 7.58. The molecule has 1 aliphatic rings. The molecule has 1 aliphatic carbocycles. The molecule has 0 radical (unpaired) electrons. The van der Waals surface area contributed by atoms with E-state index < -0.39 is 0 Å². The van der Waals surface area contributed by atoms with Gasteiger partial charge in [-0.05, 0) is 60.2 Å². The van der Waals surface area contributed by atoms with Gasteiger partial charge in [0.15, 0.2) is 0 Å². The van der Waals surface area contributed by atoms with Gasteiger partial charge in [-0.2, -0.15) is 0 Å². The molecule has 21 heavy (non-hydrogen) atoms. The second-order valence-corrected chi connectivity index (χ2v) is 5.68. The third-order valence-electron chi connectivity index (χ3n) is 4.32. The van der Waals surface area contributed by atoms with Gasteiger partial charge in [0, 0.05) is 23.8 Å². The lowest BCUT2D eigenvalue weighted by molar-refractivity contribution is 0.912. The Kier molecular flexibility index (Phi) is 3.07. The Labute approximate surface area is 124 Å². The van der Waals surface area contributed by atoms with Crippen LogP contribution in [-0.2, 0) is 19.4 Å². The summed E-state index contributed by atoms with van der Waals surface area (Å²) in [5, 5.41) is 4.79. The molecular formula is C19H18N2. The van der Waals surface area contributed by atoms with Crippen molar-refractivity contribution in [1.82, 2.24) is 4.98 Å². The highest BCUT2D eigenvalue weighted by atomic mass is 14.9. The van der Waals surface area contributed by atoms with Crippen molar-refractivity contribution in [2.45, 2.75) is 25.8 Å². The molecular weight excluding hydrogens is 256 g/mol. The topological polar surface area (TPSA) is 24.9 Å². The van der Waals surface area contributed by atoms with E-state index in [-0.39, 0.29) is 0 Å². The number of rotatable bonds is 3. The summed E-state index contributed by atoms with van der Waals surface area (Å²) in [4.78, 5) is 4.42. The minimum absolute atomic E-state index is 0.835. The second-order valence-electron chi connectivity index (χ2n) is 5.68. The van der Waals surface area contributed by atoms with Gasteiger partial charge in [-0.15, -0.1) is 0 Å². The first kappa shape index (κ1) is 12.4. The van der Waals surface area contributed by atoms with Gasteiger partial charge in [-0.3, -0.25) is 4.98 Å². The molecule has 0 bridgehead atoms. The quantitative estimate of drug-likeness (QED) is 0.768. The standard InChI is InChI=1S/C19H18N2/c1-2-7-19-18(6-1)16(10-11-20-19)13-21-17-9-8-14-4-3-5-15(14)12-17/h1-2,6-12,21H,3-5,13H2. The smallest absolute Gasteiger partial charge is 0.0705 e. The molecule has 0 saturated heterocycles. The van der Waals surface area contributed by atoms with Crippen molar-refractivity contribution in [3.05, 3.63) is 71.4 Å². The zero-order chi connectivity index (χ0) is 14.1. The van der Waals surface area contributed by atoms with Crippen molar-refractivity contribution < 1.29 is 0 Å². The number of anilines is 1. The molecule has 0 unspecified atom stereocenters. The van der Waals surface area contributed by atoms with E-state index in [0.717, 1.165) is 12.1 Å². The fraction of sp³-hybridized carbons (Fsp3) is 0.211. The Hall–Kier alpha value is -2.35. The summed E-state index contributed by atoms with van der Waals surface area (Å²) in [6.07, 6.45) is 5.66. The molecule has 0 amide bonds. The fourth-order valence-corrected chi connectivity index (χ4v) is 3.19. The Morgan fingerprint density at radius 2 is 1.86 bits per heavy atom. The summed E-state index contributed by atoms with van der Waals surface area (Å²) in [5.74, 6) is 0. The average Bonchev–Trinajstić information content (AvgIpc) is 3.00. The Morgan fingerprint density at radius 1 is 0.952 bits per heavy atom. The van der Waals surface area contributed by atoms with Crippen LogP contribution in [0.15, 0.2) is 54.7 Å². The Bertz CT molecular complexity index is 787. The molecule has 1 aromatic heterocycles. The van der Waals surface area contributed by atoms with Crippen LogP contribution < -0.4 is 5.32 Å². The zero-order valence-electron chi connectivity index (χ0n) is 12.0. The van der Waals surface area contributed by atoms with E-state index in [1.54, 1.807) is 0 Å². The van der Waals surface area contributed by atoms with Crippen LogP contribution in [0.4, 0.5) is 5.69 Å². The Morgan fingerprint density at radius 3 is 2.86 bits per heavy atom. The van der Waals surface area contributed by atoms with Crippen molar-refractivity contribution in [2.24, 2.45) is 0 Å². The predicted octanol–water partition coefficient (Wildman–Crippen LogP) is 4.34. The van der Waals surface area contributed by atoms with Gasteiger partial charge in [-0.25, -0.2) is 0 Å². The van der Waals surface area contributed by atoms with E-state index in [2.05, 4.69) is 52.8 Å². The molecule has 0 fully saturated rings. The first-order valence-corrected chi connectivity index (χ1v) is 7.58. The van der Waals surface area contributed by atoms with Crippen LogP contribution >= 0.6 is 0 Å². The predicted molar refractivity (Wildman–Crippen MR) is 87.5 cm³/mol. The van der Waals surface area contributed by atoms with Gasteiger partial charge in [0.05, 0.1) is 5.52 Å². The van der Waals surface area contributed by atoms with E-state index in [1.807, 2.05) is 12.3 Å². The van der Waals surface area contributed by atoms with Gasteiger partial charge in [0.1, 0.15) is 0 Å². The molecule has 1 N–H and O–H groups in total. The molecule has 0 spiro atoms. The van der Waals surface area contributed by atoms with Crippen molar-refractivity contribution in [1.29, 1.82) is 0 Å². The third-order valence-corrected chi connectivity index (χ3v) is 4.32. The number of aromatic nitrogens is 1. The lowest BCUT2D eigenvalue weighted by Gasteiger charge is -2.10. The highest BCUT2D eigenvalue weighted by Gasteiger charge is 2.10. The highest BCUT2D eigenvalue weighted by molar-refractivity contribution is 5.82. The molecule has 0 atom stereocenters. The molecule has 2 aromatic carbocycles. The molecule has 4 rings (SSSR count). The van der Waals surface area contributed by atoms with Crippen LogP contribution in [0.2, 0.25) is 0 Å². The van der Waals surface area contributed by atoms with Gasteiger partial charge in [0.25, 0.3) is 0 Å². The van der Waals surface area contributed by atoms with Crippen LogP contribution in [0.25, 0.3) is 10.9 Å². The van der Waals surface area contributed by atoms with Crippen LogP contribution in [0.1, 0.15) is 23.1 Å². The van der Waals surface area contributed by atoms with E-state index in [0.29, 0.717) is 0 Å². The molecule has 0 saturated carbocycles. The van der Waals surface area contributed by atoms with Crippen LogP contribution in [0.3, 0.4) is 0 Å². The summed E-state index contributed by atoms with van der Waals surface area (Å²) in [6, 6.07) is 17.2. The number of pyridine rings is 1. The van der Waals surface area contributed by atoms with Gasteiger partial charge in [-0.1, -0.05) is 24.3 Å². The third kappa shape index (κ3) is 2.38. The van der Waals surface area contributed by atoms with Crippen molar-refractivity contribution in [3.63, 3.8) is 0 Å². The Balaban J connectivity index is 1.58. The maximum absolute atomic E-state index is 4.42. The lowest BCUT2D eigenvalue weighted by atomic mass is 10.1. The number of fused-ring (bicyclic) bond motifs is 2. The van der Waals surface area contributed by atoms with Crippen molar-refractivity contribution >= 4 is 16.6 Å². The zero-order valence-corrected chi connectivity index (χ0v) is 12.0. The van der Waals surface area contributed by atoms with E-state index in [1.165, 1.54) is 47.0 Å². The number of aryl methyl sites for hydroxylation is 2. The number of hydrogen-bond acceptors (Lipinski definition) is 2. The highest BCUT2D eigenvalue weighted by Crippen LogP contribution is 2.25.